The van der Waals surface area contributed by atoms with Crippen molar-refractivity contribution < 1.29 is 13.4 Å². The van der Waals surface area contributed by atoms with Crippen LogP contribution in [0.4, 0.5) is 0 Å². The van der Waals surface area contributed by atoms with Crippen LogP contribution in [0.5, 0.6) is 0 Å². The SMILES string of the molecule is Cc1cc([C@H]2CCCCN2Cc2nnc(-c3ccco3)o2)no1. The highest BCUT2D eigenvalue weighted by atomic mass is 16.5. The first-order valence-corrected chi connectivity index (χ1v) is 7.83. The van der Waals surface area contributed by atoms with Gasteiger partial charge in [0, 0.05) is 6.07 Å². The Hall–Kier alpha value is -2.41. The lowest BCUT2D eigenvalue weighted by molar-refractivity contribution is 0.122. The molecule has 23 heavy (non-hydrogen) atoms. The lowest BCUT2D eigenvalue weighted by Crippen LogP contribution is -2.33. The fraction of sp³-hybridized carbons (Fsp3) is 0.438. The van der Waals surface area contributed by atoms with Crippen molar-refractivity contribution in [3.05, 3.63) is 41.8 Å². The molecule has 0 spiro atoms. The summed E-state index contributed by atoms with van der Waals surface area (Å²) in [5, 5.41) is 12.4. The van der Waals surface area contributed by atoms with Gasteiger partial charge in [-0.1, -0.05) is 11.6 Å². The molecule has 1 aliphatic heterocycles. The number of aromatic nitrogens is 3. The molecular formula is C16H18N4O3. The van der Waals surface area contributed by atoms with Gasteiger partial charge in [0.15, 0.2) is 5.76 Å². The van der Waals surface area contributed by atoms with Crippen LogP contribution in [0.2, 0.25) is 0 Å². The predicted octanol–water partition coefficient (Wildman–Crippen LogP) is 3.35. The van der Waals surface area contributed by atoms with Crippen molar-refractivity contribution in [3.8, 4) is 11.7 Å². The van der Waals surface area contributed by atoms with Crippen LogP contribution in [0.1, 0.15) is 42.6 Å². The standard InChI is InChI=1S/C16H18N4O3/c1-11-9-12(19-23-11)13-5-2-3-7-20(13)10-15-17-18-16(22-15)14-6-4-8-21-14/h4,6,8-9,13H,2-3,5,7,10H2,1H3/t13-/m1/s1. The van der Waals surface area contributed by atoms with Gasteiger partial charge in [-0.25, -0.2) is 0 Å². The highest BCUT2D eigenvalue weighted by Gasteiger charge is 2.28. The summed E-state index contributed by atoms with van der Waals surface area (Å²) >= 11 is 0. The molecule has 7 heteroatoms. The monoisotopic (exact) mass is 314 g/mol. The third kappa shape index (κ3) is 2.92. The summed E-state index contributed by atoms with van der Waals surface area (Å²) in [4.78, 5) is 2.32. The van der Waals surface area contributed by atoms with Crippen molar-refractivity contribution in [1.29, 1.82) is 0 Å². The van der Waals surface area contributed by atoms with Crippen molar-refractivity contribution in [2.24, 2.45) is 0 Å². The minimum atomic E-state index is 0.236. The molecule has 3 aromatic heterocycles. The van der Waals surface area contributed by atoms with Gasteiger partial charge in [-0.05, 0) is 38.4 Å². The number of furan rings is 1. The minimum Gasteiger partial charge on any atom is -0.459 e. The van der Waals surface area contributed by atoms with Gasteiger partial charge in [-0.3, -0.25) is 4.90 Å². The molecule has 1 atom stereocenters. The fourth-order valence-corrected chi connectivity index (χ4v) is 3.05. The van der Waals surface area contributed by atoms with E-state index >= 15 is 0 Å². The number of hydrogen-bond donors (Lipinski definition) is 0. The van der Waals surface area contributed by atoms with E-state index < -0.39 is 0 Å². The van der Waals surface area contributed by atoms with E-state index in [1.807, 2.05) is 13.0 Å². The first-order valence-electron chi connectivity index (χ1n) is 7.83. The van der Waals surface area contributed by atoms with Gasteiger partial charge in [0.1, 0.15) is 11.5 Å². The molecule has 1 aliphatic rings. The Labute approximate surface area is 133 Å². The zero-order valence-electron chi connectivity index (χ0n) is 12.9. The number of piperidine rings is 1. The zero-order chi connectivity index (χ0) is 15.6. The Morgan fingerprint density at radius 1 is 1.30 bits per heavy atom. The van der Waals surface area contributed by atoms with Gasteiger partial charge < -0.3 is 13.4 Å². The smallest absolute Gasteiger partial charge is 0.283 e. The molecule has 0 aromatic carbocycles. The summed E-state index contributed by atoms with van der Waals surface area (Å²) in [6.07, 6.45) is 5.00. The summed E-state index contributed by atoms with van der Waals surface area (Å²) in [5.41, 5.74) is 0.980. The van der Waals surface area contributed by atoms with Crippen LogP contribution in [0.3, 0.4) is 0 Å². The average molecular weight is 314 g/mol. The minimum absolute atomic E-state index is 0.236. The lowest BCUT2D eigenvalue weighted by atomic mass is 9.99. The maximum absolute atomic E-state index is 5.72. The Bertz CT molecular complexity index is 762. The normalized spacial score (nSPS) is 19.3. The van der Waals surface area contributed by atoms with E-state index in [-0.39, 0.29) is 6.04 Å². The van der Waals surface area contributed by atoms with Crippen LogP contribution in [0, 0.1) is 6.92 Å². The van der Waals surface area contributed by atoms with E-state index in [2.05, 4.69) is 20.3 Å². The molecule has 0 saturated carbocycles. The van der Waals surface area contributed by atoms with E-state index in [9.17, 15) is 0 Å². The largest absolute Gasteiger partial charge is 0.459 e. The van der Waals surface area contributed by atoms with E-state index in [4.69, 9.17) is 13.4 Å². The Morgan fingerprint density at radius 3 is 3.04 bits per heavy atom. The molecule has 1 fully saturated rings. The van der Waals surface area contributed by atoms with Crippen LogP contribution >= 0.6 is 0 Å². The molecule has 4 rings (SSSR count). The Kier molecular flexibility index (Phi) is 3.70. The lowest BCUT2D eigenvalue weighted by Gasteiger charge is -2.33. The highest BCUT2D eigenvalue weighted by molar-refractivity contribution is 5.42. The van der Waals surface area contributed by atoms with Gasteiger partial charge in [-0.15, -0.1) is 10.2 Å². The second kappa shape index (κ2) is 6.00. The Balaban J connectivity index is 1.52. The summed E-state index contributed by atoms with van der Waals surface area (Å²) in [5.74, 6) is 2.42. The first kappa shape index (κ1) is 14.2. The summed E-state index contributed by atoms with van der Waals surface area (Å²) in [7, 11) is 0. The van der Waals surface area contributed by atoms with Crippen molar-refractivity contribution in [2.75, 3.05) is 6.54 Å². The van der Waals surface area contributed by atoms with Crippen molar-refractivity contribution in [2.45, 2.75) is 38.8 Å². The van der Waals surface area contributed by atoms with Crippen LogP contribution in [0.15, 0.2) is 37.8 Å². The number of likely N-dealkylation sites (tertiary alicyclic amines) is 1. The first-order chi connectivity index (χ1) is 11.3. The summed E-state index contributed by atoms with van der Waals surface area (Å²) < 4.78 is 16.2. The summed E-state index contributed by atoms with van der Waals surface area (Å²) in [6, 6.07) is 5.84. The molecule has 1 saturated heterocycles. The van der Waals surface area contributed by atoms with Crippen LogP contribution in [-0.4, -0.2) is 26.8 Å². The fourth-order valence-electron chi connectivity index (χ4n) is 3.05. The molecule has 3 aromatic rings. The zero-order valence-corrected chi connectivity index (χ0v) is 12.9. The third-order valence-corrected chi connectivity index (χ3v) is 4.14. The van der Waals surface area contributed by atoms with E-state index in [0.29, 0.717) is 24.1 Å². The maximum Gasteiger partial charge on any atom is 0.283 e. The Morgan fingerprint density at radius 2 is 2.26 bits per heavy atom. The average Bonchev–Trinajstić information content (AvgIpc) is 3.28. The molecular weight excluding hydrogens is 296 g/mol. The molecule has 0 aliphatic carbocycles. The van der Waals surface area contributed by atoms with Gasteiger partial charge in [-0.2, -0.15) is 0 Å². The van der Waals surface area contributed by atoms with Gasteiger partial charge in [0.25, 0.3) is 5.89 Å². The van der Waals surface area contributed by atoms with Crippen molar-refractivity contribution in [3.63, 3.8) is 0 Å². The van der Waals surface area contributed by atoms with Gasteiger partial charge >= 0.3 is 0 Å². The van der Waals surface area contributed by atoms with E-state index in [0.717, 1.165) is 30.8 Å². The number of rotatable bonds is 4. The quantitative estimate of drug-likeness (QED) is 0.730. The topological polar surface area (TPSA) is 81.3 Å². The molecule has 0 amide bonds. The molecule has 0 unspecified atom stereocenters. The molecule has 0 bridgehead atoms. The molecule has 0 N–H and O–H groups in total. The number of nitrogens with zero attached hydrogens (tertiary/aromatic N) is 4. The van der Waals surface area contributed by atoms with Crippen molar-refractivity contribution in [1.82, 2.24) is 20.3 Å². The van der Waals surface area contributed by atoms with Crippen LogP contribution < -0.4 is 0 Å². The number of aryl methyl sites for hydroxylation is 1. The molecule has 0 radical (unpaired) electrons. The highest BCUT2D eigenvalue weighted by Crippen LogP contribution is 2.32. The van der Waals surface area contributed by atoms with E-state index in [1.54, 1.807) is 18.4 Å². The molecule has 7 nitrogen and oxygen atoms in total. The van der Waals surface area contributed by atoms with E-state index in [1.165, 1.54) is 6.42 Å². The predicted molar refractivity (Wildman–Crippen MR) is 80.2 cm³/mol. The van der Waals surface area contributed by atoms with Gasteiger partial charge in [0.05, 0.1) is 18.8 Å². The summed E-state index contributed by atoms with van der Waals surface area (Å²) in [6.45, 7) is 3.50. The van der Waals surface area contributed by atoms with Crippen molar-refractivity contribution >= 4 is 0 Å². The molecule has 120 valence electrons. The second-order valence-corrected chi connectivity index (χ2v) is 5.82. The molecule has 4 heterocycles. The van der Waals surface area contributed by atoms with Gasteiger partial charge in [0.2, 0.25) is 5.89 Å². The number of hydrogen-bond acceptors (Lipinski definition) is 7. The van der Waals surface area contributed by atoms with Crippen LogP contribution in [0.25, 0.3) is 11.7 Å². The van der Waals surface area contributed by atoms with Crippen LogP contribution in [-0.2, 0) is 6.54 Å². The second-order valence-electron chi connectivity index (χ2n) is 5.82. The maximum atomic E-state index is 5.72. The third-order valence-electron chi connectivity index (χ3n) is 4.14.